The standard InChI is InChI=1S/C32H58/c1-9-24(21(2)3)11-10-23(6)28-14-15-29-27-13-12-26-20-25(22(4)5)16-18-31(26,7)30(27)17-19-32(28,29)8/h21-30H,9-20H2,1-8H3. The Bertz CT molecular complexity index is 618. The molecule has 32 heavy (non-hydrogen) atoms. The first-order valence-electron chi connectivity index (χ1n) is 15.1. The molecule has 4 rings (SSSR count). The van der Waals surface area contributed by atoms with Crippen molar-refractivity contribution in [2.24, 2.45) is 70.0 Å². The van der Waals surface area contributed by atoms with Gasteiger partial charge in [-0.1, -0.05) is 68.2 Å². The topological polar surface area (TPSA) is 0 Å². The van der Waals surface area contributed by atoms with Gasteiger partial charge in [0.2, 0.25) is 0 Å². The first-order valence-corrected chi connectivity index (χ1v) is 15.1. The van der Waals surface area contributed by atoms with Gasteiger partial charge < -0.3 is 0 Å². The average Bonchev–Trinajstić information content (AvgIpc) is 3.10. The summed E-state index contributed by atoms with van der Waals surface area (Å²) in [6.07, 6.45) is 18.3. The summed E-state index contributed by atoms with van der Waals surface area (Å²) in [7, 11) is 0. The maximum Gasteiger partial charge on any atom is -0.0264 e. The number of hydrogen-bond donors (Lipinski definition) is 0. The van der Waals surface area contributed by atoms with Crippen molar-refractivity contribution in [1.29, 1.82) is 0 Å². The molecule has 0 aromatic heterocycles. The van der Waals surface area contributed by atoms with E-state index in [0.717, 1.165) is 59.2 Å². The van der Waals surface area contributed by atoms with Crippen molar-refractivity contribution in [3.8, 4) is 0 Å². The molecule has 186 valence electrons. The molecule has 4 aliphatic rings. The molecule has 0 spiro atoms. The minimum Gasteiger partial charge on any atom is -0.0651 e. The first-order chi connectivity index (χ1) is 15.1. The summed E-state index contributed by atoms with van der Waals surface area (Å²) < 4.78 is 0. The molecule has 0 saturated heterocycles. The third kappa shape index (κ3) is 4.26. The molecule has 4 aliphatic carbocycles. The van der Waals surface area contributed by atoms with E-state index in [-0.39, 0.29) is 0 Å². The van der Waals surface area contributed by atoms with Crippen LogP contribution < -0.4 is 0 Å². The van der Waals surface area contributed by atoms with Gasteiger partial charge in [0, 0.05) is 0 Å². The lowest BCUT2D eigenvalue weighted by Crippen LogP contribution is -2.54. The lowest BCUT2D eigenvalue weighted by atomic mass is 9.43. The maximum atomic E-state index is 2.77. The Hall–Kier alpha value is 0. The van der Waals surface area contributed by atoms with Gasteiger partial charge in [-0.15, -0.1) is 0 Å². The molecule has 0 aromatic rings. The predicted octanol–water partition coefficient (Wildman–Crippen LogP) is 10.0. The summed E-state index contributed by atoms with van der Waals surface area (Å²) in [6.45, 7) is 20.4. The number of fused-ring (bicyclic) bond motifs is 5. The third-order valence-electron chi connectivity index (χ3n) is 12.9. The average molecular weight is 443 g/mol. The normalized spacial score (nSPS) is 45.9. The Morgan fingerprint density at radius 3 is 2.09 bits per heavy atom. The van der Waals surface area contributed by atoms with Crippen LogP contribution in [0.4, 0.5) is 0 Å². The van der Waals surface area contributed by atoms with Gasteiger partial charge in [-0.05, 0) is 134 Å². The highest BCUT2D eigenvalue weighted by atomic mass is 14.6. The first kappa shape index (κ1) is 25.1. The van der Waals surface area contributed by atoms with Crippen LogP contribution >= 0.6 is 0 Å². The summed E-state index contributed by atoms with van der Waals surface area (Å²) in [6, 6.07) is 0. The fourth-order valence-electron chi connectivity index (χ4n) is 10.6. The van der Waals surface area contributed by atoms with Crippen molar-refractivity contribution < 1.29 is 0 Å². The SMILES string of the molecule is CCC(CCC(C)C1CCC2C3CCC4CC(C(C)C)CCC4(C)C3CCC12C)C(C)C. The zero-order valence-electron chi connectivity index (χ0n) is 23.3. The Labute approximate surface area is 202 Å². The van der Waals surface area contributed by atoms with E-state index < -0.39 is 0 Å². The van der Waals surface area contributed by atoms with E-state index in [0.29, 0.717) is 10.8 Å². The molecule has 0 aromatic carbocycles. The van der Waals surface area contributed by atoms with Crippen LogP contribution in [0.15, 0.2) is 0 Å². The quantitative estimate of drug-likeness (QED) is 0.368. The fraction of sp³-hybridized carbons (Fsp3) is 1.00. The lowest BCUT2D eigenvalue weighted by Gasteiger charge is -2.61. The molecule has 0 heterocycles. The molecule has 0 radical (unpaired) electrons. The van der Waals surface area contributed by atoms with Gasteiger partial charge in [0.05, 0.1) is 0 Å². The van der Waals surface area contributed by atoms with E-state index in [1.807, 2.05) is 0 Å². The molecule has 0 amide bonds. The van der Waals surface area contributed by atoms with Gasteiger partial charge in [-0.2, -0.15) is 0 Å². The van der Waals surface area contributed by atoms with Crippen LogP contribution in [0.1, 0.15) is 132 Å². The van der Waals surface area contributed by atoms with E-state index in [1.165, 1.54) is 25.7 Å². The highest BCUT2D eigenvalue weighted by Gasteiger charge is 2.60. The van der Waals surface area contributed by atoms with E-state index >= 15 is 0 Å². The van der Waals surface area contributed by atoms with Crippen molar-refractivity contribution >= 4 is 0 Å². The van der Waals surface area contributed by atoms with Crippen LogP contribution in [-0.2, 0) is 0 Å². The van der Waals surface area contributed by atoms with Crippen LogP contribution in [0, 0.1) is 70.0 Å². The summed E-state index contributed by atoms with van der Waals surface area (Å²) in [5.41, 5.74) is 1.32. The second-order valence-corrected chi connectivity index (χ2v) is 14.6. The zero-order chi connectivity index (χ0) is 23.3. The molecule has 10 atom stereocenters. The van der Waals surface area contributed by atoms with Crippen molar-refractivity contribution in [3.05, 3.63) is 0 Å². The molecule has 0 aliphatic heterocycles. The van der Waals surface area contributed by atoms with Gasteiger partial charge in [0.25, 0.3) is 0 Å². The van der Waals surface area contributed by atoms with Gasteiger partial charge in [-0.25, -0.2) is 0 Å². The second-order valence-electron chi connectivity index (χ2n) is 14.6. The highest BCUT2D eigenvalue weighted by molar-refractivity contribution is 5.09. The minimum atomic E-state index is 0.651. The van der Waals surface area contributed by atoms with Crippen LogP contribution in [-0.4, -0.2) is 0 Å². The molecular formula is C32H58. The van der Waals surface area contributed by atoms with Crippen molar-refractivity contribution in [2.75, 3.05) is 0 Å². The van der Waals surface area contributed by atoms with Crippen molar-refractivity contribution in [1.82, 2.24) is 0 Å². The largest absolute Gasteiger partial charge is 0.0651 e. The molecule has 4 saturated carbocycles. The molecule has 4 fully saturated rings. The Morgan fingerprint density at radius 1 is 0.750 bits per heavy atom. The van der Waals surface area contributed by atoms with Crippen LogP contribution in [0.2, 0.25) is 0 Å². The Kier molecular flexibility index (Phi) is 7.51. The van der Waals surface area contributed by atoms with E-state index in [2.05, 4.69) is 55.4 Å². The van der Waals surface area contributed by atoms with E-state index in [9.17, 15) is 0 Å². The van der Waals surface area contributed by atoms with Gasteiger partial charge in [0.1, 0.15) is 0 Å². The van der Waals surface area contributed by atoms with Gasteiger partial charge in [-0.3, -0.25) is 0 Å². The molecule has 0 bridgehead atoms. The summed E-state index contributed by atoms with van der Waals surface area (Å²) in [5.74, 6) is 9.82. The highest BCUT2D eigenvalue weighted by Crippen LogP contribution is 2.69. The maximum absolute atomic E-state index is 2.77. The molecule has 0 heteroatoms. The molecular weight excluding hydrogens is 384 g/mol. The minimum absolute atomic E-state index is 0.651. The smallest absolute Gasteiger partial charge is 0.0264 e. The monoisotopic (exact) mass is 442 g/mol. The summed E-state index contributed by atoms with van der Waals surface area (Å²) in [5, 5.41) is 0. The summed E-state index contributed by atoms with van der Waals surface area (Å²) >= 11 is 0. The van der Waals surface area contributed by atoms with Crippen molar-refractivity contribution in [2.45, 2.75) is 132 Å². The van der Waals surface area contributed by atoms with Gasteiger partial charge in [0.15, 0.2) is 0 Å². The van der Waals surface area contributed by atoms with Crippen LogP contribution in [0.3, 0.4) is 0 Å². The van der Waals surface area contributed by atoms with E-state index in [4.69, 9.17) is 0 Å². The van der Waals surface area contributed by atoms with Gasteiger partial charge >= 0.3 is 0 Å². The summed E-state index contributed by atoms with van der Waals surface area (Å²) in [4.78, 5) is 0. The van der Waals surface area contributed by atoms with E-state index in [1.54, 1.807) is 51.4 Å². The van der Waals surface area contributed by atoms with Crippen LogP contribution in [0.5, 0.6) is 0 Å². The van der Waals surface area contributed by atoms with Crippen molar-refractivity contribution in [3.63, 3.8) is 0 Å². The second kappa shape index (κ2) is 9.57. The predicted molar refractivity (Wildman–Crippen MR) is 141 cm³/mol. The number of hydrogen-bond acceptors (Lipinski definition) is 0. The zero-order valence-corrected chi connectivity index (χ0v) is 23.3. The Balaban J connectivity index is 1.44. The Morgan fingerprint density at radius 2 is 1.44 bits per heavy atom. The molecule has 0 N–H and O–H groups in total. The fourth-order valence-corrected chi connectivity index (χ4v) is 10.6. The molecule has 0 nitrogen and oxygen atoms in total. The van der Waals surface area contributed by atoms with Crippen LogP contribution in [0.25, 0.3) is 0 Å². The molecule has 10 unspecified atom stereocenters. The third-order valence-corrected chi connectivity index (χ3v) is 12.9. The lowest BCUT2D eigenvalue weighted by molar-refractivity contribution is -0.123. The number of rotatable bonds is 7.